The minimum atomic E-state index is -0.949. The number of aliphatic imine (C=N–C) groups is 1. The first-order valence-electron chi connectivity index (χ1n) is 4.84. The van der Waals surface area contributed by atoms with E-state index in [9.17, 15) is 9.18 Å². The van der Waals surface area contributed by atoms with Crippen LogP contribution >= 0.6 is 0 Å². The number of hydrogen-bond acceptors (Lipinski definition) is 3. The molecule has 84 valence electrons. The van der Waals surface area contributed by atoms with Crippen molar-refractivity contribution in [3.63, 3.8) is 0 Å². The van der Waals surface area contributed by atoms with Gasteiger partial charge in [-0.15, -0.1) is 0 Å². The van der Waals surface area contributed by atoms with Crippen molar-refractivity contribution in [3.05, 3.63) is 35.6 Å². The van der Waals surface area contributed by atoms with Gasteiger partial charge in [0.1, 0.15) is 11.9 Å². The van der Waals surface area contributed by atoms with Gasteiger partial charge in [0.05, 0.1) is 18.5 Å². The molecule has 1 heterocycles. The van der Waals surface area contributed by atoms with Crippen LogP contribution in [0.15, 0.2) is 29.3 Å². The molecule has 4 nitrogen and oxygen atoms in total. The second-order valence-corrected chi connectivity index (χ2v) is 3.46. The van der Waals surface area contributed by atoms with Gasteiger partial charge in [-0.25, -0.2) is 9.38 Å². The Hall–Kier alpha value is -1.91. The fraction of sp³-hybridized carbons (Fsp3) is 0.273. The Kier molecular flexibility index (Phi) is 2.85. The van der Waals surface area contributed by atoms with Crippen molar-refractivity contribution >= 4 is 11.9 Å². The molecule has 0 saturated heterocycles. The Morgan fingerprint density at radius 1 is 1.56 bits per heavy atom. The zero-order valence-corrected chi connectivity index (χ0v) is 8.39. The van der Waals surface area contributed by atoms with Crippen LogP contribution in [0.5, 0.6) is 0 Å². The molecule has 5 heteroatoms. The summed E-state index contributed by atoms with van der Waals surface area (Å²) in [7, 11) is 0. The van der Waals surface area contributed by atoms with Crippen LogP contribution in [0.25, 0.3) is 0 Å². The van der Waals surface area contributed by atoms with Crippen molar-refractivity contribution < 1.29 is 19.0 Å². The third-order valence-electron chi connectivity index (χ3n) is 2.22. The number of benzene rings is 1. The summed E-state index contributed by atoms with van der Waals surface area (Å²) in [5.41, 5.74) is 0.274. The van der Waals surface area contributed by atoms with Gasteiger partial charge < -0.3 is 9.84 Å². The molecule has 1 aliphatic rings. The molecule has 1 aromatic rings. The smallest absolute Gasteiger partial charge is 0.307 e. The zero-order valence-electron chi connectivity index (χ0n) is 8.39. The first kappa shape index (κ1) is 10.6. The summed E-state index contributed by atoms with van der Waals surface area (Å²) in [5, 5.41) is 8.58. The zero-order chi connectivity index (χ0) is 11.5. The molecular formula is C11H10FNO3. The average molecular weight is 223 g/mol. The summed E-state index contributed by atoms with van der Waals surface area (Å²) in [6.45, 7) is 0.260. The highest BCUT2D eigenvalue weighted by molar-refractivity contribution is 5.95. The van der Waals surface area contributed by atoms with Crippen molar-refractivity contribution in [2.24, 2.45) is 4.99 Å². The number of rotatable bonds is 3. The lowest BCUT2D eigenvalue weighted by Crippen LogP contribution is -2.18. The summed E-state index contributed by atoms with van der Waals surface area (Å²) < 4.78 is 18.6. The van der Waals surface area contributed by atoms with Crippen molar-refractivity contribution in [3.8, 4) is 0 Å². The van der Waals surface area contributed by atoms with Gasteiger partial charge in [-0.05, 0) is 12.1 Å². The predicted molar refractivity (Wildman–Crippen MR) is 54.9 cm³/mol. The fourth-order valence-electron chi connectivity index (χ4n) is 1.50. The topological polar surface area (TPSA) is 58.9 Å². The lowest BCUT2D eigenvalue weighted by Gasteiger charge is -2.08. The maximum Gasteiger partial charge on any atom is 0.307 e. The number of carboxylic acid groups (broad SMARTS) is 1. The highest BCUT2D eigenvalue weighted by Gasteiger charge is 2.24. The molecule has 1 atom stereocenters. The standard InChI is InChI=1S/C11H10FNO3/c12-9-4-2-1-3-8(9)11-13-6-7(16-11)5-10(14)15/h1-4,7H,5-6H2,(H,14,15). The Bertz CT molecular complexity index is 445. The van der Waals surface area contributed by atoms with Crippen LogP contribution < -0.4 is 0 Å². The van der Waals surface area contributed by atoms with Crippen molar-refractivity contribution in [2.75, 3.05) is 6.54 Å². The molecule has 0 fully saturated rings. The molecule has 0 aliphatic carbocycles. The lowest BCUT2D eigenvalue weighted by atomic mass is 10.2. The van der Waals surface area contributed by atoms with Crippen molar-refractivity contribution in [2.45, 2.75) is 12.5 Å². The van der Waals surface area contributed by atoms with E-state index >= 15 is 0 Å². The third-order valence-corrected chi connectivity index (χ3v) is 2.22. The lowest BCUT2D eigenvalue weighted by molar-refractivity contribution is -0.138. The predicted octanol–water partition coefficient (Wildman–Crippen LogP) is 1.45. The quantitative estimate of drug-likeness (QED) is 0.843. The summed E-state index contributed by atoms with van der Waals surface area (Å²) >= 11 is 0. The number of hydrogen-bond donors (Lipinski definition) is 1. The first-order valence-corrected chi connectivity index (χ1v) is 4.84. The Labute approximate surface area is 91.4 Å². The fourth-order valence-corrected chi connectivity index (χ4v) is 1.50. The van der Waals surface area contributed by atoms with Gasteiger partial charge in [-0.3, -0.25) is 4.79 Å². The van der Waals surface area contributed by atoms with E-state index in [-0.39, 0.29) is 24.4 Å². The van der Waals surface area contributed by atoms with E-state index in [1.54, 1.807) is 18.2 Å². The monoisotopic (exact) mass is 223 g/mol. The molecule has 0 amide bonds. The first-order chi connectivity index (χ1) is 7.66. The average Bonchev–Trinajstić information content (AvgIpc) is 2.66. The van der Waals surface area contributed by atoms with E-state index in [2.05, 4.69) is 4.99 Å². The SMILES string of the molecule is O=C(O)CC1CN=C(c2ccccc2F)O1. The van der Waals surface area contributed by atoms with Crippen LogP contribution in [0.3, 0.4) is 0 Å². The normalized spacial score (nSPS) is 19.1. The largest absolute Gasteiger partial charge is 0.481 e. The molecule has 0 saturated carbocycles. The molecular weight excluding hydrogens is 213 g/mol. The van der Waals surface area contributed by atoms with Crippen molar-refractivity contribution in [1.82, 2.24) is 0 Å². The Balaban J connectivity index is 2.09. The van der Waals surface area contributed by atoms with E-state index in [1.807, 2.05) is 0 Å². The number of aliphatic carboxylic acids is 1. The van der Waals surface area contributed by atoms with Gasteiger partial charge in [-0.2, -0.15) is 0 Å². The number of nitrogens with zero attached hydrogens (tertiary/aromatic N) is 1. The van der Waals surface area contributed by atoms with Gasteiger partial charge in [-0.1, -0.05) is 12.1 Å². The van der Waals surface area contributed by atoms with Crippen molar-refractivity contribution in [1.29, 1.82) is 0 Å². The van der Waals surface area contributed by atoms with Gasteiger partial charge in [0.25, 0.3) is 0 Å². The van der Waals surface area contributed by atoms with E-state index < -0.39 is 17.9 Å². The molecule has 0 bridgehead atoms. The molecule has 0 spiro atoms. The third kappa shape index (κ3) is 2.18. The molecule has 0 radical (unpaired) electrons. The van der Waals surface area contributed by atoms with Crippen LogP contribution in [0.2, 0.25) is 0 Å². The molecule has 1 aromatic carbocycles. The second kappa shape index (κ2) is 4.30. The molecule has 1 aliphatic heterocycles. The molecule has 2 rings (SSSR count). The minimum absolute atomic E-state index is 0.124. The van der Waals surface area contributed by atoms with E-state index in [0.717, 1.165) is 0 Å². The van der Waals surface area contributed by atoms with Crippen LogP contribution in [0.4, 0.5) is 4.39 Å². The highest BCUT2D eigenvalue weighted by Crippen LogP contribution is 2.16. The molecule has 1 unspecified atom stereocenters. The number of ether oxygens (including phenoxy) is 1. The van der Waals surface area contributed by atoms with E-state index in [1.165, 1.54) is 6.07 Å². The minimum Gasteiger partial charge on any atom is -0.481 e. The molecule has 16 heavy (non-hydrogen) atoms. The number of halogens is 1. The van der Waals surface area contributed by atoms with E-state index in [4.69, 9.17) is 9.84 Å². The molecule has 0 aromatic heterocycles. The van der Waals surface area contributed by atoms with Crippen LogP contribution in [0, 0.1) is 5.82 Å². The van der Waals surface area contributed by atoms with E-state index in [0.29, 0.717) is 0 Å². The summed E-state index contributed by atoms with van der Waals surface area (Å²) in [4.78, 5) is 14.5. The number of carbonyl (C=O) groups is 1. The summed E-state index contributed by atoms with van der Waals surface area (Å²) in [5.74, 6) is -1.18. The second-order valence-electron chi connectivity index (χ2n) is 3.46. The van der Waals surface area contributed by atoms with Crippen LogP contribution in [0.1, 0.15) is 12.0 Å². The number of carboxylic acids is 1. The maximum atomic E-state index is 13.4. The summed E-state index contributed by atoms with van der Waals surface area (Å²) in [6, 6.07) is 6.11. The maximum absolute atomic E-state index is 13.4. The van der Waals surface area contributed by atoms with Gasteiger partial charge in [0.2, 0.25) is 5.90 Å². The van der Waals surface area contributed by atoms with Crippen LogP contribution in [-0.2, 0) is 9.53 Å². The van der Waals surface area contributed by atoms with Gasteiger partial charge in [0.15, 0.2) is 0 Å². The highest BCUT2D eigenvalue weighted by atomic mass is 19.1. The Morgan fingerprint density at radius 3 is 3.00 bits per heavy atom. The van der Waals surface area contributed by atoms with Crippen LogP contribution in [-0.4, -0.2) is 29.6 Å². The Morgan fingerprint density at radius 2 is 2.31 bits per heavy atom. The summed E-state index contributed by atoms with van der Waals surface area (Å²) in [6.07, 6.45) is -0.617. The molecule has 1 N–H and O–H groups in total. The van der Waals surface area contributed by atoms with Gasteiger partial charge >= 0.3 is 5.97 Å². The van der Waals surface area contributed by atoms with Gasteiger partial charge in [0, 0.05) is 0 Å².